The molecule has 3 atom stereocenters. The molecule has 0 amide bonds. The highest BCUT2D eigenvalue weighted by molar-refractivity contribution is 7.58. The smallest absolute Gasteiger partial charge is 0.257 e. The number of nitrogens with one attached hydrogen (secondary N) is 1. The van der Waals surface area contributed by atoms with Crippen molar-refractivity contribution in [1.29, 1.82) is 0 Å². The molecule has 0 saturated carbocycles. The molecule has 0 heterocycles. The summed E-state index contributed by atoms with van der Waals surface area (Å²) in [5.74, 6) is 0. The van der Waals surface area contributed by atoms with E-state index in [1.165, 1.54) is 0 Å². The number of benzene rings is 1. The molecule has 0 aliphatic carbocycles. The Morgan fingerprint density at radius 3 is 2.32 bits per heavy atom. The lowest BCUT2D eigenvalue weighted by atomic mass is 10.1. The van der Waals surface area contributed by atoms with Crippen LogP contribution < -0.4 is 5.32 Å². The number of hydrogen-bond donors (Lipinski definition) is 3. The molecule has 1 rings (SSSR count). The molecule has 1 aromatic carbocycles. The fraction of sp³-hybridized carbons (Fsp3) is 0.625. The van der Waals surface area contributed by atoms with E-state index in [1.807, 2.05) is 13.0 Å². The van der Waals surface area contributed by atoms with Gasteiger partial charge in [-0.1, -0.05) is 29.3 Å². The maximum absolute atomic E-state index is 12.4. The molecule has 144 valence electrons. The molecular weight excluding hydrogens is 388 g/mol. The van der Waals surface area contributed by atoms with E-state index in [4.69, 9.17) is 32.7 Å². The minimum Gasteiger partial charge on any atom is -0.391 e. The van der Waals surface area contributed by atoms with Crippen molar-refractivity contribution in [3.8, 4) is 0 Å². The quantitative estimate of drug-likeness (QED) is 0.379. The van der Waals surface area contributed by atoms with Crippen LogP contribution in [0.25, 0.3) is 0 Å². The Hall–Kier alpha value is -0.170. The van der Waals surface area contributed by atoms with E-state index in [2.05, 4.69) is 5.32 Å². The third-order valence-corrected chi connectivity index (χ3v) is 6.16. The van der Waals surface area contributed by atoms with Crippen molar-refractivity contribution < 1.29 is 24.0 Å². The zero-order chi connectivity index (χ0) is 19.0. The van der Waals surface area contributed by atoms with E-state index in [0.717, 1.165) is 5.56 Å². The van der Waals surface area contributed by atoms with Crippen LogP contribution in [0.5, 0.6) is 0 Å². The first-order valence-electron chi connectivity index (χ1n) is 8.12. The van der Waals surface area contributed by atoms with E-state index in [-0.39, 0.29) is 32.0 Å². The highest BCUT2D eigenvalue weighted by atomic mass is 35.5. The van der Waals surface area contributed by atoms with Gasteiger partial charge in [-0.05, 0) is 38.5 Å². The van der Waals surface area contributed by atoms with Gasteiger partial charge < -0.3 is 24.8 Å². The second kappa shape index (κ2) is 10.9. The summed E-state index contributed by atoms with van der Waals surface area (Å²) in [5, 5.41) is 14.1. The van der Waals surface area contributed by atoms with Gasteiger partial charge in [0.2, 0.25) is 6.03 Å². The average molecular weight is 414 g/mol. The highest BCUT2D eigenvalue weighted by Crippen LogP contribution is 2.47. The number of rotatable bonds is 11. The summed E-state index contributed by atoms with van der Waals surface area (Å²) in [5.41, 5.74) is 0.898. The van der Waals surface area contributed by atoms with Crippen molar-refractivity contribution in [2.45, 2.75) is 38.9 Å². The lowest BCUT2D eigenvalue weighted by Gasteiger charge is -2.25. The SMILES string of the molecule is CCOC(OCC)P(=O)(O)C[C@H](O)CN[C@@H](C)c1ccc(Cl)c(Cl)c1. The van der Waals surface area contributed by atoms with Gasteiger partial charge in [0.15, 0.2) is 0 Å². The Morgan fingerprint density at radius 1 is 1.20 bits per heavy atom. The van der Waals surface area contributed by atoms with Crippen LogP contribution in [0.15, 0.2) is 18.2 Å². The molecule has 1 unspecified atom stereocenters. The van der Waals surface area contributed by atoms with E-state index < -0.39 is 19.5 Å². The summed E-state index contributed by atoms with van der Waals surface area (Å²) in [7, 11) is -3.81. The molecule has 3 N–H and O–H groups in total. The molecule has 0 bridgehead atoms. The molecule has 9 heteroatoms. The number of halogens is 2. The van der Waals surface area contributed by atoms with E-state index in [1.54, 1.807) is 26.0 Å². The third-order valence-electron chi connectivity index (χ3n) is 3.52. The van der Waals surface area contributed by atoms with Crippen LogP contribution >= 0.6 is 30.6 Å². The van der Waals surface area contributed by atoms with Crippen molar-refractivity contribution in [3.05, 3.63) is 33.8 Å². The molecule has 0 radical (unpaired) electrons. The molecule has 25 heavy (non-hydrogen) atoms. The largest absolute Gasteiger partial charge is 0.391 e. The number of aliphatic hydroxyl groups is 1. The van der Waals surface area contributed by atoms with E-state index in [9.17, 15) is 14.6 Å². The average Bonchev–Trinajstić information content (AvgIpc) is 2.54. The Bertz CT molecular complexity index is 584. The van der Waals surface area contributed by atoms with Crippen molar-refractivity contribution in [3.63, 3.8) is 0 Å². The lowest BCUT2D eigenvalue weighted by molar-refractivity contribution is -0.0876. The predicted molar refractivity (Wildman–Crippen MR) is 101 cm³/mol. The zero-order valence-corrected chi connectivity index (χ0v) is 17.0. The summed E-state index contributed by atoms with van der Waals surface area (Å²) in [6.45, 7) is 5.95. The van der Waals surface area contributed by atoms with Gasteiger partial charge >= 0.3 is 0 Å². The van der Waals surface area contributed by atoms with Crippen molar-refractivity contribution in [1.82, 2.24) is 5.32 Å². The van der Waals surface area contributed by atoms with Crippen LogP contribution in [0.3, 0.4) is 0 Å². The van der Waals surface area contributed by atoms with Gasteiger partial charge in [0.1, 0.15) is 0 Å². The van der Waals surface area contributed by atoms with Crippen LogP contribution in [0.2, 0.25) is 10.0 Å². The van der Waals surface area contributed by atoms with Crippen LogP contribution in [0.1, 0.15) is 32.4 Å². The standard InChI is InChI=1S/C16H26Cl2NO5P/c1-4-23-16(24-5-2)25(21,22)10-13(20)9-19-11(3)12-6-7-14(17)15(18)8-12/h6-8,11,13,16,19-20H,4-5,9-10H2,1-3H3,(H,21,22)/t11-,13+/m0/s1. The van der Waals surface area contributed by atoms with Gasteiger partial charge in [0.25, 0.3) is 7.37 Å². The Balaban J connectivity index is 2.58. The van der Waals surface area contributed by atoms with Crippen LogP contribution in [0, 0.1) is 0 Å². The van der Waals surface area contributed by atoms with E-state index >= 15 is 0 Å². The molecule has 0 spiro atoms. The molecule has 0 aliphatic rings. The van der Waals surface area contributed by atoms with Crippen molar-refractivity contribution in [2.75, 3.05) is 25.9 Å². The third kappa shape index (κ3) is 7.53. The lowest BCUT2D eigenvalue weighted by Crippen LogP contribution is -2.33. The van der Waals surface area contributed by atoms with Crippen molar-refractivity contribution >= 4 is 30.6 Å². The summed E-state index contributed by atoms with van der Waals surface area (Å²) < 4.78 is 22.7. The van der Waals surface area contributed by atoms with Crippen molar-refractivity contribution in [2.24, 2.45) is 0 Å². The second-order valence-electron chi connectivity index (χ2n) is 5.61. The molecule has 0 fully saturated rings. The maximum Gasteiger partial charge on any atom is 0.257 e. The first kappa shape index (κ1) is 22.9. The minimum atomic E-state index is -3.81. The molecule has 0 aliphatic heterocycles. The minimum absolute atomic E-state index is 0.114. The Labute approximate surface area is 158 Å². The van der Waals surface area contributed by atoms with Gasteiger partial charge in [-0.25, -0.2) is 0 Å². The summed E-state index contributed by atoms with van der Waals surface area (Å²) in [6.07, 6.45) is -1.34. The van der Waals surface area contributed by atoms with Gasteiger partial charge in [-0.2, -0.15) is 0 Å². The monoisotopic (exact) mass is 413 g/mol. The van der Waals surface area contributed by atoms with Crippen LogP contribution in [-0.4, -0.2) is 48.1 Å². The van der Waals surface area contributed by atoms with E-state index in [0.29, 0.717) is 10.0 Å². The summed E-state index contributed by atoms with van der Waals surface area (Å²) in [6, 6.07) is 3.94. The van der Waals surface area contributed by atoms with Crippen LogP contribution in [-0.2, 0) is 14.0 Å². The summed E-state index contributed by atoms with van der Waals surface area (Å²) >= 11 is 11.9. The Kier molecular flexibility index (Phi) is 9.93. The number of hydrogen-bond acceptors (Lipinski definition) is 5. The summed E-state index contributed by atoms with van der Waals surface area (Å²) in [4.78, 5) is 10.1. The number of ether oxygens (including phenoxy) is 2. The van der Waals surface area contributed by atoms with Gasteiger partial charge in [0, 0.05) is 25.8 Å². The first-order chi connectivity index (χ1) is 11.7. The second-order valence-corrected chi connectivity index (χ2v) is 8.73. The number of aliphatic hydroxyl groups excluding tert-OH is 1. The highest BCUT2D eigenvalue weighted by Gasteiger charge is 2.34. The maximum atomic E-state index is 12.4. The first-order valence-corrected chi connectivity index (χ1v) is 10.8. The predicted octanol–water partition coefficient (Wildman–Crippen LogP) is 3.63. The topological polar surface area (TPSA) is 88.0 Å². The molecule has 1 aromatic rings. The van der Waals surface area contributed by atoms with Gasteiger partial charge in [-0.15, -0.1) is 0 Å². The molecule has 0 saturated heterocycles. The fourth-order valence-corrected chi connectivity index (χ4v) is 4.21. The fourth-order valence-electron chi connectivity index (χ4n) is 2.23. The molecular formula is C16H26Cl2NO5P. The van der Waals surface area contributed by atoms with Gasteiger partial charge in [0.05, 0.1) is 22.3 Å². The zero-order valence-electron chi connectivity index (χ0n) is 14.6. The van der Waals surface area contributed by atoms with Crippen LogP contribution in [0.4, 0.5) is 0 Å². The molecule has 6 nitrogen and oxygen atoms in total. The normalized spacial score (nSPS) is 16.6. The molecule has 0 aromatic heterocycles. The Morgan fingerprint density at radius 2 is 1.80 bits per heavy atom. The van der Waals surface area contributed by atoms with Gasteiger partial charge in [-0.3, -0.25) is 4.57 Å².